The van der Waals surface area contributed by atoms with Crippen LogP contribution in [0.25, 0.3) is 27.6 Å². The molecule has 1 aliphatic heterocycles. The number of fused-ring (bicyclic) bond motifs is 1. The molecule has 0 amide bonds. The Balaban J connectivity index is 1.71. The van der Waals surface area contributed by atoms with Gasteiger partial charge in [0.25, 0.3) is 0 Å². The SMILES string of the molecule is Cc1nc2ccc(CCN)cn2c1-c1nc(-c2ccccc2)c(C2=NNCN2)s1. The summed E-state index contributed by atoms with van der Waals surface area (Å²) < 4.78 is 2.12. The third kappa shape index (κ3) is 3.16. The molecule has 0 atom stereocenters. The fraction of sp³-hybridized carbons (Fsp3) is 0.190. The number of pyridine rings is 1. The van der Waals surface area contributed by atoms with Crippen LogP contribution in [0.5, 0.6) is 0 Å². The summed E-state index contributed by atoms with van der Waals surface area (Å²) in [5, 5.41) is 8.61. The van der Waals surface area contributed by atoms with E-state index in [-0.39, 0.29) is 0 Å². The fourth-order valence-electron chi connectivity index (χ4n) is 3.56. The zero-order valence-corrected chi connectivity index (χ0v) is 16.8. The maximum Gasteiger partial charge on any atom is 0.167 e. The number of amidine groups is 1. The zero-order chi connectivity index (χ0) is 19.8. The molecule has 4 aromatic rings. The van der Waals surface area contributed by atoms with Crippen molar-refractivity contribution in [3.8, 4) is 22.0 Å². The van der Waals surface area contributed by atoms with E-state index in [0.29, 0.717) is 13.2 Å². The van der Waals surface area contributed by atoms with Gasteiger partial charge in [0.2, 0.25) is 0 Å². The van der Waals surface area contributed by atoms with E-state index >= 15 is 0 Å². The van der Waals surface area contributed by atoms with Gasteiger partial charge in [-0.1, -0.05) is 36.4 Å². The van der Waals surface area contributed by atoms with Gasteiger partial charge in [0.1, 0.15) is 23.0 Å². The van der Waals surface area contributed by atoms with Gasteiger partial charge in [-0.05, 0) is 31.5 Å². The number of thiazole rings is 1. The molecule has 8 heteroatoms. The number of benzene rings is 1. The molecule has 0 aliphatic carbocycles. The lowest BCUT2D eigenvalue weighted by molar-refractivity contribution is 0.773. The second kappa shape index (κ2) is 7.31. The van der Waals surface area contributed by atoms with Gasteiger partial charge < -0.3 is 11.1 Å². The molecule has 3 aromatic heterocycles. The van der Waals surface area contributed by atoms with Crippen molar-refractivity contribution < 1.29 is 0 Å². The summed E-state index contributed by atoms with van der Waals surface area (Å²) in [4.78, 5) is 10.8. The average Bonchev–Trinajstić information content (AvgIpc) is 3.46. The Hall–Kier alpha value is -3.23. The molecular weight excluding hydrogens is 382 g/mol. The first-order chi connectivity index (χ1) is 14.2. The molecule has 0 radical (unpaired) electrons. The van der Waals surface area contributed by atoms with Crippen LogP contribution in [-0.4, -0.2) is 33.4 Å². The first-order valence-electron chi connectivity index (χ1n) is 9.53. The minimum Gasteiger partial charge on any atom is -0.349 e. The number of nitrogens with one attached hydrogen (secondary N) is 2. The van der Waals surface area contributed by atoms with Crippen molar-refractivity contribution in [1.82, 2.24) is 25.1 Å². The second-order valence-electron chi connectivity index (χ2n) is 6.88. The van der Waals surface area contributed by atoms with Gasteiger partial charge in [-0.25, -0.2) is 9.97 Å². The molecule has 0 saturated carbocycles. The highest BCUT2D eigenvalue weighted by Gasteiger charge is 2.23. The quantitative estimate of drug-likeness (QED) is 0.476. The lowest BCUT2D eigenvalue weighted by Gasteiger charge is -2.03. The second-order valence-corrected chi connectivity index (χ2v) is 7.88. The van der Waals surface area contributed by atoms with Crippen molar-refractivity contribution in [1.29, 1.82) is 0 Å². The first kappa shape index (κ1) is 17.8. The van der Waals surface area contributed by atoms with Crippen molar-refractivity contribution in [3.63, 3.8) is 0 Å². The molecule has 0 fully saturated rings. The minimum absolute atomic E-state index is 0.618. The molecule has 5 rings (SSSR count). The van der Waals surface area contributed by atoms with E-state index in [0.717, 1.165) is 50.4 Å². The van der Waals surface area contributed by atoms with Crippen LogP contribution >= 0.6 is 11.3 Å². The Bertz CT molecular complexity index is 1210. The number of hydrazone groups is 1. The molecular formula is C21H21N7S. The van der Waals surface area contributed by atoms with Gasteiger partial charge >= 0.3 is 0 Å². The van der Waals surface area contributed by atoms with Gasteiger partial charge in [0.05, 0.1) is 16.3 Å². The molecule has 4 heterocycles. The van der Waals surface area contributed by atoms with Crippen LogP contribution in [0.4, 0.5) is 0 Å². The zero-order valence-electron chi connectivity index (χ0n) is 16.0. The van der Waals surface area contributed by atoms with Crippen molar-refractivity contribution in [2.45, 2.75) is 13.3 Å². The maximum atomic E-state index is 5.76. The number of hydrogen-bond donors (Lipinski definition) is 3. The van der Waals surface area contributed by atoms with Gasteiger partial charge in [-0.3, -0.25) is 9.83 Å². The van der Waals surface area contributed by atoms with Crippen molar-refractivity contribution in [2.24, 2.45) is 10.8 Å². The van der Waals surface area contributed by atoms with E-state index in [2.05, 4.69) is 44.6 Å². The number of rotatable bonds is 5. The summed E-state index contributed by atoms with van der Waals surface area (Å²) in [7, 11) is 0. The highest BCUT2D eigenvalue weighted by Crippen LogP contribution is 2.36. The van der Waals surface area contributed by atoms with Crippen molar-refractivity contribution in [3.05, 3.63) is 64.8 Å². The lowest BCUT2D eigenvalue weighted by Crippen LogP contribution is -2.21. The first-order valence-corrected chi connectivity index (χ1v) is 10.4. The van der Waals surface area contributed by atoms with Crippen molar-refractivity contribution >= 4 is 22.8 Å². The molecule has 4 N–H and O–H groups in total. The topological polar surface area (TPSA) is 92.6 Å². The Labute approximate surface area is 172 Å². The minimum atomic E-state index is 0.618. The summed E-state index contributed by atoms with van der Waals surface area (Å²) in [6, 6.07) is 14.3. The Morgan fingerprint density at radius 1 is 1.14 bits per heavy atom. The third-order valence-electron chi connectivity index (χ3n) is 4.90. The fourth-order valence-corrected chi connectivity index (χ4v) is 4.71. The van der Waals surface area contributed by atoms with Gasteiger partial charge in [-0.2, -0.15) is 5.10 Å². The standard InChI is InChI=1S/C21H21N7S/c1-13-18(28-11-14(9-10-22)7-8-16(28)25-13)21-26-17(15-5-3-2-4-6-15)19(29-21)20-23-12-24-27-20/h2-8,11,24H,9-10,12,22H2,1H3,(H,23,27). The van der Waals surface area contributed by atoms with Crippen molar-refractivity contribution in [2.75, 3.05) is 13.2 Å². The molecule has 1 aliphatic rings. The van der Waals surface area contributed by atoms with E-state index < -0.39 is 0 Å². The number of aromatic nitrogens is 3. The molecule has 146 valence electrons. The Morgan fingerprint density at radius 3 is 2.76 bits per heavy atom. The largest absolute Gasteiger partial charge is 0.349 e. The predicted octanol–water partition coefficient (Wildman–Crippen LogP) is 2.75. The molecule has 1 aromatic carbocycles. The van der Waals surface area contributed by atoms with E-state index in [9.17, 15) is 0 Å². The van der Waals surface area contributed by atoms with E-state index in [1.54, 1.807) is 11.3 Å². The average molecular weight is 404 g/mol. The monoisotopic (exact) mass is 403 g/mol. The van der Waals surface area contributed by atoms with Crippen LogP contribution in [0.2, 0.25) is 0 Å². The van der Waals surface area contributed by atoms with E-state index in [4.69, 9.17) is 15.7 Å². The summed E-state index contributed by atoms with van der Waals surface area (Å²) in [5.74, 6) is 0.822. The van der Waals surface area contributed by atoms with Crippen LogP contribution in [-0.2, 0) is 6.42 Å². The van der Waals surface area contributed by atoms with Crippen LogP contribution < -0.4 is 16.5 Å². The number of imidazole rings is 1. The molecule has 0 saturated heterocycles. The third-order valence-corrected chi connectivity index (χ3v) is 5.97. The highest BCUT2D eigenvalue weighted by molar-refractivity contribution is 7.17. The normalized spacial score (nSPS) is 13.4. The maximum absolute atomic E-state index is 5.76. The highest BCUT2D eigenvalue weighted by atomic mass is 32.1. The molecule has 0 bridgehead atoms. The lowest BCUT2D eigenvalue weighted by atomic mass is 10.1. The summed E-state index contributed by atoms with van der Waals surface area (Å²) in [6.07, 6.45) is 2.95. The van der Waals surface area contributed by atoms with Crippen LogP contribution in [0.15, 0.2) is 53.8 Å². The number of nitrogens with two attached hydrogens (primary N) is 1. The summed E-state index contributed by atoms with van der Waals surface area (Å²) in [6.45, 7) is 3.27. The van der Waals surface area contributed by atoms with Crippen LogP contribution in [0, 0.1) is 6.92 Å². The van der Waals surface area contributed by atoms with Crippen LogP contribution in [0.1, 0.15) is 16.1 Å². The summed E-state index contributed by atoms with van der Waals surface area (Å²) >= 11 is 1.63. The smallest absolute Gasteiger partial charge is 0.167 e. The molecule has 0 spiro atoms. The van der Waals surface area contributed by atoms with Gasteiger partial charge in [0, 0.05) is 11.8 Å². The summed E-state index contributed by atoms with van der Waals surface area (Å²) in [5.41, 5.74) is 14.8. The predicted molar refractivity (Wildman–Crippen MR) is 117 cm³/mol. The Morgan fingerprint density at radius 2 is 2.00 bits per heavy atom. The van der Waals surface area contributed by atoms with E-state index in [1.807, 2.05) is 31.2 Å². The molecule has 0 unspecified atom stereocenters. The van der Waals surface area contributed by atoms with Gasteiger partial charge in [-0.15, -0.1) is 11.3 Å². The van der Waals surface area contributed by atoms with Crippen LogP contribution in [0.3, 0.4) is 0 Å². The van der Waals surface area contributed by atoms with E-state index in [1.165, 1.54) is 5.56 Å². The molecule has 29 heavy (non-hydrogen) atoms. The molecule has 7 nitrogen and oxygen atoms in total. The number of hydrogen-bond acceptors (Lipinski definition) is 7. The van der Waals surface area contributed by atoms with Gasteiger partial charge in [0.15, 0.2) is 5.84 Å². The number of aryl methyl sites for hydroxylation is 1. The number of nitrogens with zero attached hydrogens (tertiary/aromatic N) is 4. The Kier molecular flexibility index (Phi) is 4.49.